The van der Waals surface area contributed by atoms with Crippen molar-refractivity contribution in [2.75, 3.05) is 0 Å². The topological polar surface area (TPSA) is 20.2 Å². The van der Waals surface area contributed by atoms with Crippen LogP contribution in [-0.4, -0.2) is 20.2 Å². The van der Waals surface area contributed by atoms with Crippen LogP contribution in [0.5, 0.6) is 5.75 Å². The van der Waals surface area contributed by atoms with Crippen molar-refractivity contribution in [3.63, 3.8) is 0 Å². The Morgan fingerprint density at radius 3 is 1.35 bits per heavy atom. The van der Waals surface area contributed by atoms with Gasteiger partial charge in [0, 0.05) is 0 Å². The molecule has 0 aliphatic heterocycles. The standard InChI is InChI=1S/C13H19OSi.C9H13.2C6H5.CH2.2ClH.Ti/c1-7-8(2)10(13(4,5)6)12(15)11(14)9(7)3;1-6-5-7(2)9(4)8(6)3;2*1-2-4-6-5-3-1;;;;/h14H,1-6H3;6H,1-4H3;2*1-5H;1H2;2*1H;/q;3*-1;;;;. The summed E-state index contributed by atoms with van der Waals surface area (Å²) < 4.78 is 0. The Kier molecular flexibility index (Phi) is 23.5. The number of halogens is 2. The molecule has 0 fully saturated rings. The normalized spacial score (nSPS) is 13.1. The number of rotatable bonds is 0. The van der Waals surface area contributed by atoms with E-state index in [9.17, 15) is 5.11 Å². The molecule has 0 saturated heterocycles. The van der Waals surface area contributed by atoms with Gasteiger partial charge in [-0.1, -0.05) is 47.5 Å². The number of benzene rings is 3. The van der Waals surface area contributed by atoms with Crippen LogP contribution in [0.1, 0.15) is 70.7 Å². The summed E-state index contributed by atoms with van der Waals surface area (Å²) in [4.78, 5) is 3.25. The Morgan fingerprint density at radius 1 is 0.750 bits per heavy atom. The van der Waals surface area contributed by atoms with Crippen LogP contribution in [0, 0.1) is 44.9 Å². The largest absolute Gasteiger partial charge is 0.184 e. The molecule has 4 rings (SSSR count). The van der Waals surface area contributed by atoms with Crippen molar-refractivity contribution in [1.82, 2.24) is 0 Å². The van der Waals surface area contributed by atoms with E-state index < -0.39 is 0 Å². The van der Waals surface area contributed by atoms with Gasteiger partial charge in [0.1, 0.15) is 5.75 Å². The molecule has 1 N–H and O–H groups in total. The first-order chi connectivity index (χ1) is 17.8. The molecule has 1 aliphatic rings. The SMILES string of the molecule is CC1=[C-]C(C)C(C)=C1C.Cc1c(C)c(O)c([Si])c(C(C)(C)C)c1C.Cl.Cl.[CH2]=[Ti].[c-]1ccccc1.[c-]1ccccc1. The summed E-state index contributed by atoms with van der Waals surface area (Å²) in [6.45, 7) is 21.3. The third-order valence-corrected chi connectivity index (χ3v) is 7.03. The zero-order valence-corrected chi connectivity index (χ0v) is 30.0. The summed E-state index contributed by atoms with van der Waals surface area (Å²) in [6, 6.07) is 25.0. The number of phenols is 1. The molecule has 1 aliphatic carbocycles. The molecule has 0 spiro atoms. The second-order valence-electron chi connectivity index (χ2n) is 10.2. The van der Waals surface area contributed by atoms with E-state index in [1.54, 1.807) is 20.0 Å². The monoisotopic (exact) mass is 628 g/mol. The van der Waals surface area contributed by atoms with E-state index in [4.69, 9.17) is 0 Å². The molecular formula is C35H46Cl2OSiTi-3. The summed E-state index contributed by atoms with van der Waals surface area (Å²) in [5.74, 6) is 0.935. The maximum absolute atomic E-state index is 10.0. The van der Waals surface area contributed by atoms with Gasteiger partial charge in [0.15, 0.2) is 0 Å². The first-order valence-electron chi connectivity index (χ1n) is 12.8. The van der Waals surface area contributed by atoms with Gasteiger partial charge in [-0.3, -0.25) is 6.08 Å². The number of aromatic hydroxyl groups is 1. The van der Waals surface area contributed by atoms with Crippen molar-refractivity contribution in [3.05, 3.63) is 118 Å². The summed E-state index contributed by atoms with van der Waals surface area (Å²) in [5, 5.41) is 10.8. The third kappa shape index (κ3) is 14.3. The van der Waals surface area contributed by atoms with Crippen molar-refractivity contribution in [1.29, 1.82) is 0 Å². The van der Waals surface area contributed by atoms with Crippen molar-refractivity contribution < 1.29 is 25.1 Å². The maximum atomic E-state index is 10.0. The van der Waals surface area contributed by atoms with Gasteiger partial charge in [-0.2, -0.15) is 83.9 Å². The third-order valence-electron chi connectivity index (χ3n) is 6.54. The molecule has 0 aromatic heterocycles. The first kappa shape index (κ1) is 42.8. The molecule has 0 amide bonds. The summed E-state index contributed by atoms with van der Waals surface area (Å²) in [5.41, 5.74) is 8.89. The van der Waals surface area contributed by atoms with Crippen LogP contribution < -0.4 is 5.19 Å². The average Bonchev–Trinajstić information content (AvgIpc) is 3.14. The number of phenolic OH excluding ortho intramolecular Hbond substituents is 1. The number of hydrogen-bond acceptors (Lipinski definition) is 1. The molecule has 3 aromatic carbocycles. The summed E-state index contributed by atoms with van der Waals surface area (Å²) in [6.07, 6.45) is 3.36. The van der Waals surface area contributed by atoms with Gasteiger partial charge in [0.25, 0.3) is 0 Å². The van der Waals surface area contributed by atoms with Gasteiger partial charge in [0.2, 0.25) is 0 Å². The molecule has 0 saturated carbocycles. The van der Waals surface area contributed by atoms with E-state index in [0.29, 0.717) is 11.7 Å². The molecular weight excluding hydrogens is 583 g/mol. The first-order valence-corrected chi connectivity index (χ1v) is 14.4. The van der Waals surface area contributed by atoms with E-state index in [1.165, 1.54) is 33.4 Å². The minimum Gasteiger partial charge on any atom is -0.184 e. The van der Waals surface area contributed by atoms with Gasteiger partial charge in [0.05, 0.1) is 10.2 Å². The van der Waals surface area contributed by atoms with Crippen LogP contribution in [0.15, 0.2) is 77.4 Å². The van der Waals surface area contributed by atoms with Gasteiger partial charge >= 0.3 is 24.8 Å². The summed E-state index contributed by atoms with van der Waals surface area (Å²) >= 11 is 1.75. The van der Waals surface area contributed by atoms with E-state index >= 15 is 0 Å². The molecule has 1 nitrogen and oxygen atoms in total. The zero-order chi connectivity index (χ0) is 29.5. The van der Waals surface area contributed by atoms with Crippen LogP contribution in [0.4, 0.5) is 0 Å². The minimum absolute atomic E-state index is 0. The molecule has 1 atom stereocenters. The second-order valence-corrected chi connectivity index (χ2v) is 10.7. The predicted octanol–water partition coefficient (Wildman–Crippen LogP) is 8.91. The van der Waals surface area contributed by atoms with Crippen LogP contribution in [-0.2, 0) is 25.4 Å². The van der Waals surface area contributed by atoms with Crippen molar-refractivity contribution in [2.45, 2.75) is 74.7 Å². The fraction of sp³-hybridized carbons (Fsp3) is 0.343. The van der Waals surface area contributed by atoms with Crippen LogP contribution in [0.2, 0.25) is 0 Å². The molecule has 1 unspecified atom stereocenters. The number of allylic oxidation sites excluding steroid dienone is 4. The summed E-state index contributed by atoms with van der Waals surface area (Å²) in [7, 11) is 3.56. The molecule has 40 heavy (non-hydrogen) atoms. The second kappa shape index (κ2) is 22.0. The Hall–Kier alpha value is -1.68. The fourth-order valence-corrected chi connectivity index (χ4v) is 4.67. The predicted molar refractivity (Wildman–Crippen MR) is 179 cm³/mol. The average molecular weight is 630 g/mol. The van der Waals surface area contributed by atoms with Gasteiger partial charge in [-0.15, -0.1) is 31.7 Å². The molecule has 0 bridgehead atoms. The van der Waals surface area contributed by atoms with E-state index in [-0.39, 0.29) is 30.2 Å². The van der Waals surface area contributed by atoms with E-state index in [1.807, 2.05) is 67.6 Å². The van der Waals surface area contributed by atoms with Crippen molar-refractivity contribution in [3.8, 4) is 5.75 Å². The van der Waals surface area contributed by atoms with E-state index in [0.717, 1.165) is 10.8 Å². The molecule has 5 heteroatoms. The van der Waals surface area contributed by atoms with Gasteiger partial charge in [-0.05, 0) is 53.6 Å². The van der Waals surface area contributed by atoms with Crippen LogP contribution in [0.25, 0.3) is 0 Å². The maximum Gasteiger partial charge on any atom is -0.171 e. The Morgan fingerprint density at radius 2 is 1.15 bits per heavy atom. The molecule has 217 valence electrons. The Bertz CT molecular complexity index is 1050. The molecule has 0 heterocycles. The van der Waals surface area contributed by atoms with Gasteiger partial charge in [-0.25, -0.2) is 5.57 Å². The van der Waals surface area contributed by atoms with Crippen LogP contribution >= 0.6 is 24.8 Å². The minimum atomic E-state index is 0. The number of hydrogen-bond donors (Lipinski definition) is 1. The zero-order valence-electron chi connectivity index (χ0n) is 25.8. The van der Waals surface area contributed by atoms with E-state index in [2.05, 4.69) is 95.6 Å². The quantitative estimate of drug-likeness (QED) is 0.195. The Labute approximate surface area is 272 Å². The van der Waals surface area contributed by atoms with Crippen molar-refractivity contribution in [2.24, 2.45) is 5.92 Å². The smallest absolute Gasteiger partial charge is 0.171 e. The molecule has 3 radical (unpaired) electrons. The van der Waals surface area contributed by atoms with Crippen molar-refractivity contribution >= 4 is 45.1 Å². The van der Waals surface area contributed by atoms with Gasteiger partial charge < -0.3 is 5.11 Å². The Balaban J connectivity index is -0.000000470. The molecule has 3 aromatic rings. The van der Waals surface area contributed by atoms with Crippen LogP contribution in [0.3, 0.4) is 0 Å². The fourth-order valence-electron chi connectivity index (χ4n) is 3.92.